The fourth-order valence-corrected chi connectivity index (χ4v) is 2.27. The molecule has 0 N–H and O–H groups in total. The zero-order valence-corrected chi connectivity index (χ0v) is 9.73. The topological polar surface area (TPSA) is 17.1 Å². The van der Waals surface area contributed by atoms with Crippen molar-refractivity contribution in [2.24, 2.45) is 0 Å². The number of ketones is 1. The van der Waals surface area contributed by atoms with E-state index in [2.05, 4.69) is 0 Å². The highest BCUT2D eigenvalue weighted by Crippen LogP contribution is 2.21. The maximum absolute atomic E-state index is 12.0. The summed E-state index contributed by atoms with van der Waals surface area (Å²) in [5.41, 5.74) is 1.28. The molecular formula is C12H9ClOS. The fourth-order valence-electron chi connectivity index (χ4n) is 1.36. The minimum Gasteiger partial charge on any atom is -0.289 e. The molecule has 1 nitrogen and oxygen atoms in total. The van der Waals surface area contributed by atoms with Crippen molar-refractivity contribution in [1.29, 1.82) is 0 Å². The Labute approximate surface area is 97.3 Å². The van der Waals surface area contributed by atoms with Crippen LogP contribution >= 0.6 is 22.9 Å². The van der Waals surface area contributed by atoms with Crippen LogP contribution in [0.3, 0.4) is 0 Å². The number of hydrogen-bond acceptors (Lipinski definition) is 2. The van der Waals surface area contributed by atoms with Gasteiger partial charge in [-0.2, -0.15) is 0 Å². The van der Waals surface area contributed by atoms with Gasteiger partial charge in [0.1, 0.15) is 0 Å². The Hall–Kier alpha value is -1.12. The van der Waals surface area contributed by atoms with E-state index in [-0.39, 0.29) is 5.78 Å². The van der Waals surface area contributed by atoms with Gasteiger partial charge in [-0.3, -0.25) is 4.79 Å². The second-order valence-corrected chi connectivity index (χ2v) is 4.78. The summed E-state index contributed by atoms with van der Waals surface area (Å²) >= 11 is 7.53. The van der Waals surface area contributed by atoms with Gasteiger partial charge in [0.05, 0.1) is 5.02 Å². The van der Waals surface area contributed by atoms with Crippen LogP contribution in [0, 0.1) is 6.92 Å². The number of carbonyl (C=O) groups excluding carboxylic acids is 1. The lowest BCUT2D eigenvalue weighted by Gasteiger charge is -2.00. The molecule has 0 radical (unpaired) electrons. The molecule has 2 aromatic rings. The highest BCUT2D eigenvalue weighted by Gasteiger charge is 2.12. The van der Waals surface area contributed by atoms with E-state index in [0.29, 0.717) is 16.1 Å². The average Bonchev–Trinajstić information content (AvgIpc) is 2.65. The van der Waals surface area contributed by atoms with E-state index in [9.17, 15) is 4.79 Å². The Balaban J connectivity index is 2.41. The first-order valence-electron chi connectivity index (χ1n) is 4.53. The molecule has 0 aliphatic rings. The second kappa shape index (κ2) is 4.17. The van der Waals surface area contributed by atoms with Gasteiger partial charge in [0, 0.05) is 21.4 Å². The molecule has 2 rings (SSSR count). The van der Waals surface area contributed by atoms with Crippen molar-refractivity contribution < 1.29 is 4.79 Å². The molecule has 0 unspecified atom stereocenters. The van der Waals surface area contributed by atoms with Gasteiger partial charge in [-0.05, 0) is 25.1 Å². The van der Waals surface area contributed by atoms with E-state index >= 15 is 0 Å². The van der Waals surface area contributed by atoms with E-state index < -0.39 is 0 Å². The van der Waals surface area contributed by atoms with E-state index in [1.54, 1.807) is 23.5 Å². The van der Waals surface area contributed by atoms with Crippen LogP contribution in [0.4, 0.5) is 0 Å². The van der Waals surface area contributed by atoms with E-state index in [1.807, 2.05) is 30.5 Å². The third-order valence-electron chi connectivity index (χ3n) is 2.11. The number of hydrogen-bond donors (Lipinski definition) is 0. The molecule has 0 atom stereocenters. The molecule has 0 aliphatic carbocycles. The largest absolute Gasteiger partial charge is 0.289 e. The molecule has 3 heteroatoms. The molecule has 0 bridgehead atoms. The minimum absolute atomic E-state index is 0.00931. The summed E-state index contributed by atoms with van der Waals surface area (Å²) in [6.07, 6.45) is 0. The van der Waals surface area contributed by atoms with Crippen molar-refractivity contribution >= 4 is 28.7 Å². The molecule has 15 heavy (non-hydrogen) atoms. The van der Waals surface area contributed by atoms with Crippen LogP contribution in [0.15, 0.2) is 35.7 Å². The number of thiophene rings is 1. The molecule has 0 aliphatic heterocycles. The zero-order chi connectivity index (χ0) is 10.8. The number of aryl methyl sites for hydroxylation is 1. The van der Waals surface area contributed by atoms with E-state index in [4.69, 9.17) is 11.6 Å². The summed E-state index contributed by atoms with van der Waals surface area (Å²) in [4.78, 5) is 13.1. The molecule has 0 spiro atoms. The summed E-state index contributed by atoms with van der Waals surface area (Å²) in [5.74, 6) is -0.00931. The van der Waals surface area contributed by atoms with Gasteiger partial charge in [-0.1, -0.05) is 23.7 Å². The first-order chi connectivity index (χ1) is 7.18. The third-order valence-corrected chi connectivity index (χ3v) is 3.30. The van der Waals surface area contributed by atoms with Gasteiger partial charge >= 0.3 is 0 Å². The van der Waals surface area contributed by atoms with Gasteiger partial charge in [-0.15, -0.1) is 11.3 Å². The first kappa shape index (κ1) is 10.4. The van der Waals surface area contributed by atoms with Crippen LogP contribution in [-0.4, -0.2) is 5.78 Å². The first-order valence-corrected chi connectivity index (χ1v) is 5.78. The van der Waals surface area contributed by atoms with Gasteiger partial charge < -0.3 is 0 Å². The lowest BCUT2D eigenvalue weighted by atomic mass is 10.1. The van der Waals surface area contributed by atoms with E-state index in [1.165, 1.54) is 0 Å². The number of carbonyl (C=O) groups is 1. The smallest absolute Gasteiger partial charge is 0.195 e. The van der Waals surface area contributed by atoms with Crippen molar-refractivity contribution in [3.05, 3.63) is 56.7 Å². The van der Waals surface area contributed by atoms with Gasteiger partial charge in [-0.25, -0.2) is 0 Å². The maximum atomic E-state index is 12.0. The molecule has 1 aromatic heterocycles. The zero-order valence-electron chi connectivity index (χ0n) is 8.16. The quantitative estimate of drug-likeness (QED) is 0.722. The maximum Gasteiger partial charge on any atom is 0.195 e. The highest BCUT2D eigenvalue weighted by molar-refractivity contribution is 7.10. The molecule has 0 amide bonds. The molecule has 0 saturated carbocycles. The predicted molar refractivity (Wildman–Crippen MR) is 63.9 cm³/mol. The molecule has 0 saturated heterocycles. The lowest BCUT2D eigenvalue weighted by molar-refractivity contribution is 0.103. The monoisotopic (exact) mass is 236 g/mol. The summed E-state index contributed by atoms with van der Waals surface area (Å²) < 4.78 is 0. The molecule has 1 heterocycles. The minimum atomic E-state index is -0.00931. The standard InChI is InChI=1S/C12H9ClOS/c1-8-6-9(7-15-8)12(14)10-4-2-3-5-11(10)13/h2-7H,1H3. The van der Waals surface area contributed by atoms with Crippen LogP contribution in [0.5, 0.6) is 0 Å². The number of rotatable bonds is 2. The van der Waals surface area contributed by atoms with Crippen LogP contribution < -0.4 is 0 Å². The summed E-state index contributed by atoms with van der Waals surface area (Å²) in [7, 11) is 0. The van der Waals surface area contributed by atoms with Crippen LogP contribution in [-0.2, 0) is 0 Å². The predicted octanol–water partition coefficient (Wildman–Crippen LogP) is 3.94. The average molecular weight is 237 g/mol. The van der Waals surface area contributed by atoms with E-state index in [0.717, 1.165) is 4.88 Å². The van der Waals surface area contributed by atoms with Crippen molar-refractivity contribution in [3.63, 3.8) is 0 Å². The molecule has 76 valence electrons. The third kappa shape index (κ3) is 2.11. The number of halogens is 1. The van der Waals surface area contributed by atoms with Gasteiger partial charge in [0.15, 0.2) is 5.78 Å². The van der Waals surface area contributed by atoms with Crippen molar-refractivity contribution in [1.82, 2.24) is 0 Å². The SMILES string of the molecule is Cc1cc(C(=O)c2ccccc2Cl)cs1. The Morgan fingerprint density at radius 3 is 2.67 bits per heavy atom. The second-order valence-electron chi connectivity index (χ2n) is 3.26. The van der Waals surface area contributed by atoms with Gasteiger partial charge in [0.25, 0.3) is 0 Å². The van der Waals surface area contributed by atoms with Crippen molar-refractivity contribution in [2.75, 3.05) is 0 Å². The Kier molecular flexibility index (Phi) is 2.89. The number of benzene rings is 1. The molecule has 1 aromatic carbocycles. The fraction of sp³-hybridized carbons (Fsp3) is 0.0833. The lowest BCUT2D eigenvalue weighted by Crippen LogP contribution is -1.99. The van der Waals surface area contributed by atoms with Gasteiger partial charge in [0.2, 0.25) is 0 Å². The molecular weight excluding hydrogens is 228 g/mol. The highest BCUT2D eigenvalue weighted by atomic mass is 35.5. The van der Waals surface area contributed by atoms with Crippen molar-refractivity contribution in [3.8, 4) is 0 Å². The Morgan fingerprint density at radius 1 is 1.33 bits per heavy atom. The van der Waals surface area contributed by atoms with Crippen molar-refractivity contribution in [2.45, 2.75) is 6.92 Å². The Bertz CT molecular complexity index is 502. The summed E-state index contributed by atoms with van der Waals surface area (Å²) in [6.45, 7) is 1.98. The van der Waals surface area contributed by atoms with Crippen LogP contribution in [0.2, 0.25) is 5.02 Å². The normalized spacial score (nSPS) is 10.3. The summed E-state index contributed by atoms with van der Waals surface area (Å²) in [5, 5.41) is 2.37. The molecule has 0 fully saturated rings. The van der Waals surface area contributed by atoms with Crippen LogP contribution in [0.1, 0.15) is 20.8 Å². The Morgan fingerprint density at radius 2 is 2.07 bits per heavy atom. The summed E-state index contributed by atoms with van der Waals surface area (Å²) in [6, 6.07) is 9.00. The van der Waals surface area contributed by atoms with Crippen LogP contribution in [0.25, 0.3) is 0 Å².